The van der Waals surface area contributed by atoms with Crippen LogP contribution in [-0.4, -0.2) is 0 Å². The van der Waals surface area contributed by atoms with Crippen LogP contribution in [0, 0.1) is 52.3 Å². The lowest BCUT2D eigenvalue weighted by atomic mass is 9.47. The Balaban J connectivity index is 1.53. The van der Waals surface area contributed by atoms with Gasteiger partial charge in [-0.1, -0.05) is 71.9 Å². The molecule has 0 bridgehead atoms. The van der Waals surface area contributed by atoms with E-state index in [-0.39, 0.29) is 0 Å². The van der Waals surface area contributed by atoms with Crippen LogP contribution in [0.3, 0.4) is 0 Å². The van der Waals surface area contributed by atoms with Crippen molar-refractivity contribution >= 4 is 0 Å². The van der Waals surface area contributed by atoms with Gasteiger partial charge < -0.3 is 0 Å². The molecular weight excluding hydrogens is 348 g/mol. The maximum Gasteiger partial charge on any atom is -0.00445 e. The highest BCUT2D eigenvalue weighted by Gasteiger charge is 2.58. The third-order valence-electron chi connectivity index (χ3n) is 10.4. The second kappa shape index (κ2) is 8.05. The number of rotatable bonds is 5. The summed E-state index contributed by atoms with van der Waals surface area (Å²) >= 11 is 0. The number of fused-ring (bicyclic) bond motifs is 5. The van der Waals surface area contributed by atoms with Crippen molar-refractivity contribution < 1.29 is 0 Å². The first-order chi connectivity index (χ1) is 13.8. The van der Waals surface area contributed by atoms with Crippen LogP contribution in [0.5, 0.6) is 0 Å². The third kappa shape index (κ3) is 3.51. The van der Waals surface area contributed by atoms with E-state index < -0.39 is 0 Å². The van der Waals surface area contributed by atoms with Crippen molar-refractivity contribution in [1.82, 2.24) is 0 Å². The second-order valence-corrected chi connectivity index (χ2v) is 11.9. The molecule has 0 radical (unpaired) electrons. The van der Waals surface area contributed by atoms with Gasteiger partial charge in [-0.25, -0.2) is 0 Å². The first kappa shape index (κ1) is 21.5. The minimum atomic E-state index is 0.466. The van der Waals surface area contributed by atoms with E-state index in [4.69, 9.17) is 0 Å². The van der Waals surface area contributed by atoms with Crippen molar-refractivity contribution in [3.63, 3.8) is 0 Å². The molecule has 0 heteroatoms. The van der Waals surface area contributed by atoms with Crippen molar-refractivity contribution in [3.8, 4) is 0 Å². The molecule has 29 heavy (non-hydrogen) atoms. The van der Waals surface area contributed by atoms with Gasteiger partial charge in [0.15, 0.2) is 0 Å². The topological polar surface area (TPSA) is 0 Å². The lowest BCUT2D eigenvalue weighted by Crippen LogP contribution is -2.49. The van der Waals surface area contributed by atoms with Gasteiger partial charge in [-0.05, 0) is 109 Å². The molecule has 162 valence electrons. The van der Waals surface area contributed by atoms with Gasteiger partial charge in [-0.2, -0.15) is 0 Å². The molecule has 0 nitrogen and oxygen atoms in total. The van der Waals surface area contributed by atoms with Crippen LogP contribution in [0.15, 0.2) is 36.0 Å². The average molecular weight is 395 g/mol. The van der Waals surface area contributed by atoms with E-state index in [1.54, 1.807) is 5.57 Å². The summed E-state index contributed by atoms with van der Waals surface area (Å²) in [6.07, 6.45) is 23.9. The van der Waals surface area contributed by atoms with Gasteiger partial charge in [0.05, 0.1) is 0 Å². The van der Waals surface area contributed by atoms with Crippen molar-refractivity contribution in [1.29, 1.82) is 0 Å². The summed E-state index contributed by atoms with van der Waals surface area (Å²) in [6, 6.07) is 0. The van der Waals surface area contributed by atoms with Crippen molar-refractivity contribution in [3.05, 3.63) is 36.0 Å². The molecule has 0 heterocycles. The summed E-state index contributed by atoms with van der Waals surface area (Å²) < 4.78 is 0. The largest absolute Gasteiger partial charge is 0.0851 e. The molecule has 0 N–H and O–H groups in total. The van der Waals surface area contributed by atoms with E-state index in [0.29, 0.717) is 10.8 Å². The highest BCUT2D eigenvalue weighted by molar-refractivity contribution is 5.34. The van der Waals surface area contributed by atoms with Crippen LogP contribution in [0.1, 0.15) is 92.9 Å². The van der Waals surface area contributed by atoms with Gasteiger partial charge in [-0.15, -0.1) is 0 Å². The summed E-state index contributed by atoms with van der Waals surface area (Å²) in [4.78, 5) is 0. The fourth-order valence-corrected chi connectivity index (χ4v) is 8.49. The predicted molar refractivity (Wildman–Crippen MR) is 127 cm³/mol. The van der Waals surface area contributed by atoms with Gasteiger partial charge in [0.2, 0.25) is 0 Å². The van der Waals surface area contributed by atoms with Gasteiger partial charge in [-0.3, -0.25) is 0 Å². The molecule has 0 aromatic carbocycles. The Hall–Kier alpha value is -0.780. The number of hydrogen-bond donors (Lipinski definition) is 0. The van der Waals surface area contributed by atoms with E-state index in [9.17, 15) is 0 Å². The van der Waals surface area contributed by atoms with Crippen LogP contribution >= 0.6 is 0 Å². The summed E-state index contributed by atoms with van der Waals surface area (Å²) in [6.45, 7) is 14.9. The fraction of sp³-hybridized carbons (Fsp3) is 0.793. The van der Waals surface area contributed by atoms with Crippen molar-refractivity contribution in [2.45, 2.75) is 92.9 Å². The lowest BCUT2D eigenvalue weighted by molar-refractivity contribution is -0.0410. The average Bonchev–Trinajstić information content (AvgIpc) is 3.05. The molecule has 0 aromatic rings. The molecule has 4 rings (SSSR count). The smallest absolute Gasteiger partial charge is 0.00445 e. The Morgan fingerprint density at radius 2 is 1.83 bits per heavy atom. The molecule has 0 aliphatic heterocycles. The van der Waals surface area contributed by atoms with Crippen LogP contribution in [0.25, 0.3) is 0 Å². The molecule has 4 aliphatic carbocycles. The van der Waals surface area contributed by atoms with E-state index in [2.05, 4.69) is 71.9 Å². The summed E-state index contributed by atoms with van der Waals surface area (Å²) in [5, 5.41) is 0. The van der Waals surface area contributed by atoms with Crippen LogP contribution in [0.2, 0.25) is 0 Å². The quantitative estimate of drug-likeness (QED) is 0.409. The zero-order valence-electron chi connectivity index (χ0n) is 20.1. The zero-order valence-corrected chi connectivity index (χ0v) is 20.1. The number of hydrogen-bond acceptors (Lipinski definition) is 0. The molecule has 2 saturated carbocycles. The van der Waals surface area contributed by atoms with E-state index >= 15 is 0 Å². The molecule has 0 saturated heterocycles. The van der Waals surface area contributed by atoms with Gasteiger partial charge in [0, 0.05) is 0 Å². The highest BCUT2D eigenvalue weighted by Crippen LogP contribution is 2.66. The molecule has 0 aromatic heterocycles. The Morgan fingerprint density at radius 1 is 1.03 bits per heavy atom. The fourth-order valence-electron chi connectivity index (χ4n) is 8.49. The first-order valence-corrected chi connectivity index (χ1v) is 12.9. The molecule has 4 aliphatic rings. The Morgan fingerprint density at radius 3 is 2.55 bits per heavy atom. The first-order valence-electron chi connectivity index (χ1n) is 12.9. The maximum atomic E-state index is 2.69. The van der Waals surface area contributed by atoms with E-state index in [1.165, 1.54) is 51.4 Å². The summed E-state index contributed by atoms with van der Waals surface area (Å²) in [5.41, 5.74) is 2.71. The minimum Gasteiger partial charge on any atom is -0.0851 e. The lowest BCUT2D eigenvalue weighted by Gasteiger charge is -2.57. The van der Waals surface area contributed by atoms with Gasteiger partial charge in [0.1, 0.15) is 0 Å². The second-order valence-electron chi connectivity index (χ2n) is 11.9. The summed E-state index contributed by atoms with van der Waals surface area (Å²) in [5.74, 6) is 5.96. The van der Waals surface area contributed by atoms with Crippen LogP contribution < -0.4 is 0 Å². The van der Waals surface area contributed by atoms with Crippen LogP contribution in [-0.2, 0) is 0 Å². The number of allylic oxidation sites excluding steroid dienone is 6. The van der Waals surface area contributed by atoms with E-state index in [0.717, 1.165) is 41.4 Å². The van der Waals surface area contributed by atoms with Crippen molar-refractivity contribution in [2.75, 3.05) is 0 Å². The van der Waals surface area contributed by atoms with E-state index in [1.807, 2.05) is 0 Å². The maximum absolute atomic E-state index is 2.69. The highest BCUT2D eigenvalue weighted by atomic mass is 14.6. The molecule has 2 fully saturated rings. The Labute approximate surface area is 181 Å². The molecular formula is C29H46. The monoisotopic (exact) mass is 394 g/mol. The minimum absolute atomic E-state index is 0.466. The van der Waals surface area contributed by atoms with Gasteiger partial charge in [0.25, 0.3) is 0 Å². The van der Waals surface area contributed by atoms with Gasteiger partial charge >= 0.3 is 0 Å². The zero-order chi connectivity index (χ0) is 20.8. The SMILES string of the molecule is CCC(/C=C/[C@@H](C)[C@H]1CCC2C3CC=C4C=CCC[C@]4(C)C3CC[C@@]21C)C(C)C. The molecule has 0 spiro atoms. The predicted octanol–water partition coefficient (Wildman–Crippen LogP) is 8.61. The molecule has 4 unspecified atom stereocenters. The molecule has 8 atom stereocenters. The summed E-state index contributed by atoms with van der Waals surface area (Å²) in [7, 11) is 0. The normalized spacial score (nSPS) is 43.6. The Bertz CT molecular complexity index is 678. The van der Waals surface area contributed by atoms with Crippen LogP contribution in [0.4, 0.5) is 0 Å². The molecule has 0 amide bonds. The van der Waals surface area contributed by atoms with Crippen molar-refractivity contribution in [2.24, 2.45) is 52.3 Å². The Kier molecular flexibility index (Phi) is 5.95. The third-order valence-corrected chi connectivity index (χ3v) is 10.4. The standard InChI is InChI=1S/C29H46/c1-7-22(20(2)3)12-11-21(4)25-15-16-26-24-14-13-23-10-8-9-18-28(23,5)27(24)17-19-29(25,26)6/h8,10-13,20-22,24-27H,7,9,14-19H2,1-6H3/b12-11+/t21-,22?,24?,25-,26?,27?,28+,29-/m1/s1.